The van der Waals surface area contributed by atoms with Crippen molar-refractivity contribution in [3.8, 4) is 17.1 Å². The highest BCUT2D eigenvalue weighted by atomic mass is 16.5. The molecule has 3 rings (SSSR count). The summed E-state index contributed by atoms with van der Waals surface area (Å²) in [5.74, 6) is 2.43. The van der Waals surface area contributed by atoms with E-state index in [2.05, 4.69) is 10.3 Å². The van der Waals surface area contributed by atoms with Crippen LogP contribution in [0.4, 0.5) is 0 Å². The number of aromatic nitrogens is 1. The Labute approximate surface area is 125 Å². The third-order valence-corrected chi connectivity index (χ3v) is 3.58. The fourth-order valence-corrected chi connectivity index (χ4v) is 2.34. The van der Waals surface area contributed by atoms with E-state index < -0.39 is 0 Å². The first kappa shape index (κ1) is 14.1. The van der Waals surface area contributed by atoms with Gasteiger partial charge in [-0.2, -0.15) is 0 Å². The first-order chi connectivity index (χ1) is 10.4. The second-order valence-electron chi connectivity index (χ2n) is 5.38. The lowest BCUT2D eigenvalue weighted by Gasteiger charge is -2.07. The van der Waals surface area contributed by atoms with E-state index in [1.807, 2.05) is 31.2 Å². The molecule has 1 fully saturated rings. The second kappa shape index (κ2) is 6.76. The number of hydrogen-bond donors (Lipinski definition) is 1. The van der Waals surface area contributed by atoms with Crippen LogP contribution in [-0.2, 0) is 6.42 Å². The molecule has 1 aromatic carbocycles. The van der Waals surface area contributed by atoms with Gasteiger partial charge in [-0.1, -0.05) is 12.1 Å². The lowest BCUT2D eigenvalue weighted by molar-refractivity contribution is 0.340. The first-order valence-corrected chi connectivity index (χ1v) is 7.77. The zero-order valence-electron chi connectivity index (χ0n) is 12.5. The van der Waals surface area contributed by atoms with Crippen LogP contribution < -0.4 is 10.1 Å². The molecule has 4 nitrogen and oxygen atoms in total. The highest BCUT2D eigenvalue weighted by molar-refractivity contribution is 5.64. The van der Waals surface area contributed by atoms with Crippen LogP contribution in [0.25, 0.3) is 11.3 Å². The lowest BCUT2D eigenvalue weighted by Crippen LogP contribution is -2.17. The Kier molecular flexibility index (Phi) is 4.55. The van der Waals surface area contributed by atoms with Crippen LogP contribution in [0.15, 0.2) is 34.9 Å². The van der Waals surface area contributed by atoms with Crippen molar-refractivity contribution in [1.29, 1.82) is 0 Å². The minimum atomic E-state index is 0.644. The molecule has 112 valence electrons. The van der Waals surface area contributed by atoms with Crippen molar-refractivity contribution >= 4 is 0 Å². The Morgan fingerprint density at radius 2 is 2.19 bits per heavy atom. The summed E-state index contributed by atoms with van der Waals surface area (Å²) in [5.41, 5.74) is 0.967. The summed E-state index contributed by atoms with van der Waals surface area (Å²) < 4.78 is 11.5. The molecule has 0 unspecified atom stereocenters. The van der Waals surface area contributed by atoms with E-state index >= 15 is 0 Å². The standard InChI is InChI=1S/C17H22N2O2/c1-2-20-15-7-4-3-6-14(15)16-12-19-17(21-16)8-5-11-18-13-9-10-13/h3-4,6-7,12-13,18H,2,5,8-11H2,1H3. The molecule has 0 saturated heterocycles. The number of hydrogen-bond acceptors (Lipinski definition) is 4. The summed E-state index contributed by atoms with van der Waals surface area (Å²) in [7, 11) is 0. The average molecular weight is 286 g/mol. The van der Waals surface area contributed by atoms with E-state index in [-0.39, 0.29) is 0 Å². The van der Waals surface area contributed by atoms with E-state index in [1.165, 1.54) is 12.8 Å². The SMILES string of the molecule is CCOc1ccccc1-c1cnc(CCCNC2CC2)o1. The van der Waals surface area contributed by atoms with E-state index in [0.29, 0.717) is 6.61 Å². The van der Waals surface area contributed by atoms with E-state index in [4.69, 9.17) is 9.15 Å². The third kappa shape index (κ3) is 3.85. The maximum Gasteiger partial charge on any atom is 0.194 e. The summed E-state index contributed by atoms with van der Waals surface area (Å²) in [6, 6.07) is 8.68. The minimum absolute atomic E-state index is 0.644. The summed E-state index contributed by atoms with van der Waals surface area (Å²) in [5, 5.41) is 3.50. The van der Waals surface area contributed by atoms with Gasteiger partial charge in [0.2, 0.25) is 0 Å². The van der Waals surface area contributed by atoms with Gasteiger partial charge in [-0.15, -0.1) is 0 Å². The molecule has 1 heterocycles. The number of nitrogens with zero attached hydrogens (tertiary/aromatic N) is 1. The smallest absolute Gasteiger partial charge is 0.194 e. The topological polar surface area (TPSA) is 47.3 Å². The number of benzene rings is 1. The molecular weight excluding hydrogens is 264 g/mol. The van der Waals surface area contributed by atoms with Gasteiger partial charge in [-0.05, 0) is 44.9 Å². The highest BCUT2D eigenvalue weighted by Gasteiger charge is 2.19. The van der Waals surface area contributed by atoms with Crippen LogP contribution in [-0.4, -0.2) is 24.2 Å². The Balaban J connectivity index is 1.60. The molecule has 0 amide bonds. The van der Waals surface area contributed by atoms with Gasteiger partial charge in [0.1, 0.15) is 5.75 Å². The van der Waals surface area contributed by atoms with Crippen molar-refractivity contribution < 1.29 is 9.15 Å². The van der Waals surface area contributed by atoms with Gasteiger partial charge in [0, 0.05) is 12.5 Å². The minimum Gasteiger partial charge on any atom is -0.493 e. The largest absolute Gasteiger partial charge is 0.493 e. The molecule has 1 aliphatic carbocycles. The molecule has 0 spiro atoms. The number of aryl methyl sites for hydroxylation is 1. The van der Waals surface area contributed by atoms with E-state index in [0.717, 1.165) is 48.4 Å². The van der Waals surface area contributed by atoms with Crippen molar-refractivity contribution in [3.05, 3.63) is 36.4 Å². The highest BCUT2D eigenvalue weighted by Crippen LogP contribution is 2.30. The maximum absolute atomic E-state index is 5.86. The van der Waals surface area contributed by atoms with Crippen molar-refractivity contribution in [2.45, 2.75) is 38.6 Å². The number of ether oxygens (including phenoxy) is 1. The van der Waals surface area contributed by atoms with Gasteiger partial charge < -0.3 is 14.5 Å². The van der Waals surface area contributed by atoms with Gasteiger partial charge in [-0.3, -0.25) is 0 Å². The van der Waals surface area contributed by atoms with E-state index in [9.17, 15) is 0 Å². The lowest BCUT2D eigenvalue weighted by atomic mass is 10.1. The predicted molar refractivity (Wildman–Crippen MR) is 82.5 cm³/mol. The molecule has 1 saturated carbocycles. The Morgan fingerprint density at radius 3 is 3.00 bits per heavy atom. The summed E-state index contributed by atoms with van der Waals surface area (Å²) in [6.07, 6.45) is 6.39. The van der Waals surface area contributed by atoms with Gasteiger partial charge in [0.05, 0.1) is 18.4 Å². The molecule has 0 radical (unpaired) electrons. The monoisotopic (exact) mass is 286 g/mol. The molecule has 0 aliphatic heterocycles. The van der Waals surface area contributed by atoms with Crippen LogP contribution in [0, 0.1) is 0 Å². The van der Waals surface area contributed by atoms with Crippen molar-refractivity contribution in [3.63, 3.8) is 0 Å². The fourth-order valence-electron chi connectivity index (χ4n) is 2.34. The molecule has 1 aliphatic rings. The fraction of sp³-hybridized carbons (Fsp3) is 0.471. The first-order valence-electron chi connectivity index (χ1n) is 7.77. The second-order valence-corrected chi connectivity index (χ2v) is 5.38. The number of oxazole rings is 1. The van der Waals surface area contributed by atoms with Crippen molar-refractivity contribution in [1.82, 2.24) is 10.3 Å². The normalized spacial score (nSPS) is 14.3. The van der Waals surface area contributed by atoms with Crippen molar-refractivity contribution in [2.75, 3.05) is 13.2 Å². The molecule has 0 atom stereocenters. The Morgan fingerprint density at radius 1 is 1.33 bits per heavy atom. The summed E-state index contributed by atoms with van der Waals surface area (Å²) >= 11 is 0. The zero-order chi connectivity index (χ0) is 14.5. The molecule has 2 aromatic rings. The predicted octanol–water partition coefficient (Wildman–Crippen LogP) is 3.42. The average Bonchev–Trinajstić information content (AvgIpc) is 3.21. The van der Waals surface area contributed by atoms with Crippen LogP contribution in [0.2, 0.25) is 0 Å². The Hall–Kier alpha value is -1.81. The Bertz CT molecular complexity index is 576. The number of para-hydroxylation sites is 1. The molecular formula is C17H22N2O2. The molecule has 1 N–H and O–H groups in total. The van der Waals surface area contributed by atoms with Gasteiger partial charge in [0.15, 0.2) is 11.7 Å². The van der Waals surface area contributed by atoms with Crippen LogP contribution >= 0.6 is 0 Å². The van der Waals surface area contributed by atoms with Gasteiger partial charge in [-0.25, -0.2) is 4.98 Å². The number of nitrogens with one attached hydrogen (secondary N) is 1. The molecule has 4 heteroatoms. The molecule has 1 aromatic heterocycles. The van der Waals surface area contributed by atoms with Crippen LogP contribution in [0.5, 0.6) is 5.75 Å². The summed E-state index contributed by atoms with van der Waals surface area (Å²) in [6.45, 7) is 3.66. The van der Waals surface area contributed by atoms with Gasteiger partial charge in [0.25, 0.3) is 0 Å². The molecule has 21 heavy (non-hydrogen) atoms. The van der Waals surface area contributed by atoms with Crippen LogP contribution in [0.3, 0.4) is 0 Å². The van der Waals surface area contributed by atoms with Gasteiger partial charge >= 0.3 is 0 Å². The quantitative estimate of drug-likeness (QED) is 0.755. The molecule has 0 bridgehead atoms. The van der Waals surface area contributed by atoms with E-state index in [1.54, 1.807) is 6.20 Å². The zero-order valence-corrected chi connectivity index (χ0v) is 12.5. The maximum atomic E-state index is 5.86. The van der Waals surface area contributed by atoms with Crippen LogP contribution in [0.1, 0.15) is 32.1 Å². The number of rotatable bonds is 8. The van der Waals surface area contributed by atoms with Crippen molar-refractivity contribution in [2.24, 2.45) is 0 Å². The third-order valence-electron chi connectivity index (χ3n) is 3.58. The summed E-state index contributed by atoms with van der Waals surface area (Å²) in [4.78, 5) is 4.38.